The summed E-state index contributed by atoms with van der Waals surface area (Å²) >= 11 is 9.78. The number of amides is 1. The molecule has 196 valence electrons. The van der Waals surface area contributed by atoms with Crippen molar-refractivity contribution in [2.45, 2.75) is 45.6 Å². The molecule has 0 radical (unpaired) electrons. The molecule has 0 fully saturated rings. The van der Waals surface area contributed by atoms with Gasteiger partial charge in [-0.3, -0.25) is 9.59 Å². The molecule has 1 heterocycles. The van der Waals surface area contributed by atoms with Crippen LogP contribution in [0.2, 0.25) is 5.02 Å². The fourth-order valence-corrected chi connectivity index (χ4v) is 5.02. The maximum absolute atomic E-state index is 13.8. The summed E-state index contributed by atoms with van der Waals surface area (Å²) in [4.78, 5) is 31.4. The molecule has 0 aliphatic carbocycles. The summed E-state index contributed by atoms with van der Waals surface area (Å²) in [5, 5.41) is 4.40. The van der Waals surface area contributed by atoms with Crippen LogP contribution in [0.1, 0.15) is 54.6 Å². The number of carbonyl (C=O) groups excluding carboxylic acids is 2. The standard InChI is InChI=1S/C31H30BrClN2O3/c1-19-28(25-17-23(32)13-14-26(25)35-29(19)20-9-6-5-7-10-20)30(37)34-18-22(16-27(36)38-31(2,3)4)21-11-8-12-24(33)15-21/h5-15,17,22H,16,18H2,1-4H3,(H,34,37). The van der Waals surface area contributed by atoms with Gasteiger partial charge in [0.25, 0.3) is 5.91 Å². The minimum atomic E-state index is -0.604. The Kier molecular flexibility index (Phi) is 8.54. The highest BCUT2D eigenvalue weighted by atomic mass is 79.9. The maximum atomic E-state index is 13.8. The molecule has 0 aliphatic rings. The van der Waals surface area contributed by atoms with Gasteiger partial charge in [0.1, 0.15) is 5.60 Å². The van der Waals surface area contributed by atoms with Crippen molar-refractivity contribution in [3.05, 3.63) is 99.0 Å². The minimum absolute atomic E-state index is 0.106. The van der Waals surface area contributed by atoms with Crippen LogP contribution >= 0.6 is 27.5 Å². The average Bonchev–Trinajstić information content (AvgIpc) is 2.85. The van der Waals surface area contributed by atoms with Crippen LogP contribution < -0.4 is 5.32 Å². The molecule has 3 aromatic carbocycles. The van der Waals surface area contributed by atoms with Crippen molar-refractivity contribution in [2.75, 3.05) is 6.54 Å². The Morgan fingerprint density at radius 2 is 1.76 bits per heavy atom. The van der Waals surface area contributed by atoms with E-state index in [9.17, 15) is 9.59 Å². The molecule has 0 saturated carbocycles. The number of halogens is 2. The van der Waals surface area contributed by atoms with Crippen LogP contribution in [0.4, 0.5) is 0 Å². The Morgan fingerprint density at radius 3 is 2.45 bits per heavy atom. The third-order valence-corrected chi connectivity index (χ3v) is 6.86. The fourth-order valence-electron chi connectivity index (χ4n) is 4.46. The second-order valence-electron chi connectivity index (χ2n) is 10.2. The molecule has 1 aromatic heterocycles. The fraction of sp³-hybridized carbons (Fsp3) is 0.258. The first-order valence-electron chi connectivity index (χ1n) is 12.4. The molecule has 0 spiro atoms. The maximum Gasteiger partial charge on any atom is 0.306 e. The number of fused-ring (bicyclic) bond motifs is 1. The Labute approximate surface area is 236 Å². The van der Waals surface area contributed by atoms with Gasteiger partial charge in [-0.25, -0.2) is 4.98 Å². The van der Waals surface area contributed by atoms with Crippen molar-refractivity contribution < 1.29 is 14.3 Å². The lowest BCUT2D eigenvalue weighted by Crippen LogP contribution is -2.32. The van der Waals surface area contributed by atoms with E-state index in [0.717, 1.165) is 37.8 Å². The lowest BCUT2D eigenvalue weighted by molar-refractivity contribution is -0.155. The van der Waals surface area contributed by atoms with Crippen LogP contribution in [0.25, 0.3) is 22.2 Å². The molecule has 1 N–H and O–H groups in total. The van der Waals surface area contributed by atoms with Gasteiger partial charge in [-0.2, -0.15) is 0 Å². The largest absolute Gasteiger partial charge is 0.460 e. The topological polar surface area (TPSA) is 68.3 Å². The number of hydrogen-bond acceptors (Lipinski definition) is 4. The number of nitrogens with zero attached hydrogens (tertiary/aromatic N) is 1. The van der Waals surface area contributed by atoms with Gasteiger partial charge in [0, 0.05) is 32.9 Å². The van der Waals surface area contributed by atoms with Gasteiger partial charge in [-0.05, 0) is 69.2 Å². The first-order valence-corrected chi connectivity index (χ1v) is 13.6. The Bertz CT molecular complexity index is 1480. The number of benzene rings is 3. The van der Waals surface area contributed by atoms with Crippen LogP contribution in [-0.2, 0) is 9.53 Å². The second kappa shape index (κ2) is 11.7. The third kappa shape index (κ3) is 6.80. The van der Waals surface area contributed by atoms with Crippen molar-refractivity contribution in [3.8, 4) is 11.3 Å². The van der Waals surface area contributed by atoms with Crippen molar-refractivity contribution in [3.63, 3.8) is 0 Å². The predicted octanol–water partition coefficient (Wildman–Crippen LogP) is 7.87. The SMILES string of the molecule is Cc1c(-c2ccccc2)nc2ccc(Br)cc2c1C(=O)NCC(CC(=O)OC(C)(C)C)c1cccc(Cl)c1. The number of aromatic nitrogens is 1. The van der Waals surface area contributed by atoms with Crippen molar-refractivity contribution in [2.24, 2.45) is 0 Å². The molecule has 38 heavy (non-hydrogen) atoms. The number of hydrogen-bond donors (Lipinski definition) is 1. The monoisotopic (exact) mass is 592 g/mol. The van der Waals surface area contributed by atoms with E-state index >= 15 is 0 Å². The minimum Gasteiger partial charge on any atom is -0.460 e. The summed E-state index contributed by atoms with van der Waals surface area (Å²) in [6, 6.07) is 22.9. The Balaban J connectivity index is 1.69. The molecule has 0 aliphatic heterocycles. The van der Waals surface area contributed by atoms with Gasteiger partial charge in [-0.1, -0.05) is 70.0 Å². The van der Waals surface area contributed by atoms with Gasteiger partial charge >= 0.3 is 5.97 Å². The van der Waals surface area contributed by atoms with Crippen LogP contribution in [0.3, 0.4) is 0 Å². The van der Waals surface area contributed by atoms with E-state index in [4.69, 9.17) is 21.3 Å². The second-order valence-corrected chi connectivity index (χ2v) is 11.6. The molecule has 4 aromatic rings. The molecule has 0 saturated heterocycles. The quantitative estimate of drug-likeness (QED) is 0.221. The smallest absolute Gasteiger partial charge is 0.306 e. The lowest BCUT2D eigenvalue weighted by atomic mass is 9.94. The van der Waals surface area contributed by atoms with Gasteiger partial charge in [0.2, 0.25) is 0 Å². The van der Waals surface area contributed by atoms with E-state index in [2.05, 4.69) is 21.2 Å². The number of pyridine rings is 1. The van der Waals surface area contributed by atoms with Crippen molar-refractivity contribution in [1.29, 1.82) is 0 Å². The van der Waals surface area contributed by atoms with E-state index in [1.807, 2.05) is 94.4 Å². The Morgan fingerprint density at radius 1 is 1.03 bits per heavy atom. The number of esters is 1. The molecule has 7 heteroatoms. The van der Waals surface area contributed by atoms with E-state index in [1.54, 1.807) is 6.07 Å². The summed E-state index contributed by atoms with van der Waals surface area (Å²) < 4.78 is 6.42. The van der Waals surface area contributed by atoms with Crippen molar-refractivity contribution >= 4 is 50.3 Å². The first-order chi connectivity index (χ1) is 18.0. The van der Waals surface area contributed by atoms with E-state index < -0.39 is 5.60 Å². The first kappa shape index (κ1) is 27.8. The Hall–Kier alpha value is -3.22. The van der Waals surface area contributed by atoms with Gasteiger partial charge in [-0.15, -0.1) is 0 Å². The van der Waals surface area contributed by atoms with E-state index in [-0.39, 0.29) is 30.8 Å². The van der Waals surface area contributed by atoms with Crippen LogP contribution in [0, 0.1) is 6.92 Å². The summed E-state index contributed by atoms with van der Waals surface area (Å²) in [7, 11) is 0. The highest BCUT2D eigenvalue weighted by Crippen LogP contribution is 2.32. The molecule has 5 nitrogen and oxygen atoms in total. The lowest BCUT2D eigenvalue weighted by Gasteiger charge is -2.23. The summed E-state index contributed by atoms with van der Waals surface area (Å²) in [6.45, 7) is 7.65. The zero-order valence-corrected chi connectivity index (χ0v) is 24.2. The van der Waals surface area contributed by atoms with Gasteiger partial charge in [0.15, 0.2) is 0 Å². The van der Waals surface area contributed by atoms with Gasteiger partial charge < -0.3 is 10.1 Å². The third-order valence-electron chi connectivity index (χ3n) is 6.13. The van der Waals surface area contributed by atoms with Crippen LogP contribution in [0.15, 0.2) is 77.3 Å². The number of ether oxygens (including phenoxy) is 1. The highest BCUT2D eigenvalue weighted by molar-refractivity contribution is 9.10. The molecule has 1 atom stereocenters. The zero-order chi connectivity index (χ0) is 27.4. The molecule has 1 amide bonds. The molecule has 1 unspecified atom stereocenters. The van der Waals surface area contributed by atoms with Crippen molar-refractivity contribution in [1.82, 2.24) is 10.3 Å². The van der Waals surface area contributed by atoms with Crippen LogP contribution in [0.5, 0.6) is 0 Å². The summed E-state index contributed by atoms with van der Waals surface area (Å²) in [5.74, 6) is -0.889. The summed E-state index contributed by atoms with van der Waals surface area (Å²) in [6.07, 6.45) is 0.106. The van der Waals surface area contributed by atoms with Crippen LogP contribution in [-0.4, -0.2) is 29.0 Å². The number of nitrogens with one attached hydrogen (secondary N) is 1. The van der Waals surface area contributed by atoms with E-state index in [1.165, 1.54) is 0 Å². The number of rotatable bonds is 7. The normalized spacial score (nSPS) is 12.3. The summed E-state index contributed by atoms with van der Waals surface area (Å²) in [5.41, 5.74) is 4.00. The average molecular weight is 594 g/mol. The molecular formula is C31H30BrClN2O3. The molecule has 4 rings (SSSR count). The molecule has 0 bridgehead atoms. The zero-order valence-electron chi connectivity index (χ0n) is 21.8. The molecular weight excluding hydrogens is 564 g/mol. The van der Waals surface area contributed by atoms with Gasteiger partial charge in [0.05, 0.1) is 23.2 Å². The number of carbonyl (C=O) groups is 2. The van der Waals surface area contributed by atoms with E-state index in [0.29, 0.717) is 10.6 Å². The predicted molar refractivity (Wildman–Crippen MR) is 157 cm³/mol. The highest BCUT2D eigenvalue weighted by Gasteiger charge is 2.24.